The third-order valence-electron chi connectivity index (χ3n) is 5.92. The van der Waals surface area contributed by atoms with Gasteiger partial charge in [0.1, 0.15) is 23.3 Å². The van der Waals surface area contributed by atoms with Crippen LogP contribution >= 0.6 is 9.24 Å². The van der Waals surface area contributed by atoms with E-state index in [1.54, 1.807) is 15.8 Å². The highest BCUT2D eigenvalue weighted by atomic mass is 31.0. The van der Waals surface area contributed by atoms with Gasteiger partial charge in [0.25, 0.3) is 0 Å². The molecule has 1 aromatic heterocycles. The summed E-state index contributed by atoms with van der Waals surface area (Å²) in [6.45, 7) is 12.0. The molecular formula is C24H30FN8OP. The van der Waals surface area contributed by atoms with Gasteiger partial charge in [-0.25, -0.2) is 24.2 Å². The van der Waals surface area contributed by atoms with Crippen LogP contribution in [0.1, 0.15) is 36.6 Å². The van der Waals surface area contributed by atoms with E-state index in [-0.39, 0.29) is 17.9 Å². The second-order valence-electron chi connectivity index (χ2n) is 8.47. The molecule has 0 spiro atoms. The molecular weight excluding hydrogens is 466 g/mol. The average Bonchev–Trinajstić information content (AvgIpc) is 3.44. The molecule has 2 aliphatic rings. The number of hydrogen-bond donors (Lipinski definition) is 0. The molecule has 1 aromatic carbocycles. The van der Waals surface area contributed by atoms with Crippen molar-refractivity contribution in [3.8, 4) is 0 Å². The number of benzene rings is 1. The van der Waals surface area contributed by atoms with Crippen molar-refractivity contribution in [2.45, 2.75) is 33.2 Å². The Kier molecular flexibility index (Phi) is 7.40. The first kappa shape index (κ1) is 24.7. The van der Waals surface area contributed by atoms with Crippen LogP contribution in [0.25, 0.3) is 0 Å². The highest BCUT2D eigenvalue weighted by molar-refractivity contribution is 7.27. The first-order valence-corrected chi connectivity index (χ1v) is 12.1. The number of piperazine rings is 1. The molecule has 9 nitrogen and oxygen atoms in total. The molecule has 3 heterocycles. The first-order chi connectivity index (χ1) is 16.8. The summed E-state index contributed by atoms with van der Waals surface area (Å²) in [5.74, 6) is 2.32. The molecule has 2 atom stereocenters. The van der Waals surface area contributed by atoms with Crippen molar-refractivity contribution in [2.75, 3.05) is 26.2 Å². The zero-order valence-corrected chi connectivity index (χ0v) is 21.4. The van der Waals surface area contributed by atoms with Gasteiger partial charge in [-0.1, -0.05) is 12.7 Å². The normalized spacial score (nSPS) is 18.7. The fourth-order valence-electron chi connectivity index (χ4n) is 4.25. The molecule has 2 unspecified atom stereocenters. The molecule has 0 aliphatic carbocycles. The van der Waals surface area contributed by atoms with Crippen molar-refractivity contribution in [1.29, 1.82) is 0 Å². The van der Waals surface area contributed by atoms with Gasteiger partial charge in [-0.2, -0.15) is 9.78 Å². The number of aromatic nitrogens is 3. The lowest BCUT2D eigenvalue weighted by molar-refractivity contribution is 0.116. The summed E-state index contributed by atoms with van der Waals surface area (Å²) in [4.78, 5) is 26.1. The molecule has 0 saturated carbocycles. The number of urea groups is 1. The SMILES string of the molecule is C=C(N=C(/C=C\C)n1nc(C)nc1C)N1CCN(C(=O)N2N=CCC2c2cc(F)cc(P)c2)CC1. The number of halogens is 1. The van der Waals surface area contributed by atoms with Gasteiger partial charge < -0.3 is 9.80 Å². The number of hydrogen-bond acceptors (Lipinski definition) is 6. The molecule has 184 valence electrons. The van der Waals surface area contributed by atoms with Crippen LogP contribution in [0.4, 0.5) is 9.18 Å². The van der Waals surface area contributed by atoms with Crippen LogP contribution in [0.5, 0.6) is 0 Å². The molecule has 4 rings (SSSR count). The molecule has 11 heteroatoms. The van der Waals surface area contributed by atoms with Crippen LogP contribution in [-0.4, -0.2) is 73.8 Å². The van der Waals surface area contributed by atoms with E-state index in [9.17, 15) is 9.18 Å². The minimum absolute atomic E-state index is 0.185. The fraction of sp³-hybridized carbons (Fsp3) is 0.375. The third-order valence-corrected chi connectivity index (χ3v) is 6.25. The van der Waals surface area contributed by atoms with Gasteiger partial charge in [-0.05, 0) is 55.9 Å². The van der Waals surface area contributed by atoms with E-state index in [1.807, 2.05) is 43.9 Å². The number of allylic oxidation sites excluding steroid dienone is 2. The van der Waals surface area contributed by atoms with Crippen molar-refractivity contribution in [1.82, 2.24) is 29.6 Å². The summed E-state index contributed by atoms with van der Waals surface area (Å²) < 4.78 is 15.6. The molecule has 0 N–H and O–H groups in total. The molecule has 0 bridgehead atoms. The zero-order valence-electron chi connectivity index (χ0n) is 20.2. The maximum absolute atomic E-state index is 13.9. The van der Waals surface area contributed by atoms with Crippen molar-refractivity contribution >= 4 is 32.6 Å². The minimum Gasteiger partial charge on any atom is -0.353 e. The summed E-state index contributed by atoms with van der Waals surface area (Å²) in [5.41, 5.74) is 0.734. The summed E-state index contributed by atoms with van der Waals surface area (Å²) in [7, 11) is 2.50. The maximum Gasteiger partial charge on any atom is 0.341 e. The van der Waals surface area contributed by atoms with E-state index in [4.69, 9.17) is 4.99 Å². The van der Waals surface area contributed by atoms with E-state index >= 15 is 0 Å². The highest BCUT2D eigenvalue weighted by Crippen LogP contribution is 2.30. The Morgan fingerprint density at radius 2 is 1.91 bits per heavy atom. The second kappa shape index (κ2) is 10.5. The quantitative estimate of drug-likeness (QED) is 0.370. The van der Waals surface area contributed by atoms with Gasteiger partial charge in [0.2, 0.25) is 0 Å². The van der Waals surface area contributed by atoms with Crippen molar-refractivity contribution in [2.24, 2.45) is 10.1 Å². The monoisotopic (exact) mass is 496 g/mol. The highest BCUT2D eigenvalue weighted by Gasteiger charge is 2.33. The van der Waals surface area contributed by atoms with Crippen LogP contribution < -0.4 is 5.30 Å². The standard InChI is InChI=1S/C24H30FN8OP/c1-5-6-23(32-18(4)27-16(2)29-32)28-17(3)30-9-11-31(12-10-30)24(34)33-22(7-8-26-33)19-13-20(25)15-21(35)14-19/h5-6,8,13-15,22H,3,7,9-12,35H2,1-2,4H3/b6-5-,28-23?. The Morgan fingerprint density at radius 1 is 1.20 bits per heavy atom. The lowest BCUT2D eigenvalue weighted by Crippen LogP contribution is -2.51. The molecule has 0 radical (unpaired) electrons. The predicted molar refractivity (Wildman–Crippen MR) is 138 cm³/mol. The topological polar surface area (TPSA) is 82.2 Å². The van der Waals surface area contributed by atoms with E-state index in [0.29, 0.717) is 50.1 Å². The smallest absolute Gasteiger partial charge is 0.341 e. The third kappa shape index (κ3) is 5.48. The van der Waals surface area contributed by atoms with Crippen LogP contribution in [0.3, 0.4) is 0 Å². The van der Waals surface area contributed by atoms with Crippen molar-refractivity contribution in [3.05, 3.63) is 65.8 Å². The van der Waals surface area contributed by atoms with Crippen LogP contribution in [0.15, 0.2) is 52.8 Å². The maximum atomic E-state index is 13.9. The first-order valence-electron chi connectivity index (χ1n) is 11.5. The van der Waals surface area contributed by atoms with Crippen LogP contribution in [-0.2, 0) is 0 Å². The van der Waals surface area contributed by atoms with Crippen LogP contribution in [0.2, 0.25) is 0 Å². The number of hydrazone groups is 1. The molecule has 2 amide bonds. The van der Waals surface area contributed by atoms with E-state index in [0.717, 1.165) is 16.7 Å². The van der Waals surface area contributed by atoms with E-state index in [2.05, 4.69) is 31.0 Å². The Balaban J connectivity index is 1.42. The van der Waals surface area contributed by atoms with Gasteiger partial charge in [0.15, 0.2) is 5.84 Å². The number of carbonyl (C=O) groups excluding carboxylic acids is 1. The second-order valence-corrected chi connectivity index (χ2v) is 9.14. The van der Waals surface area contributed by atoms with Crippen molar-refractivity contribution < 1.29 is 9.18 Å². The van der Waals surface area contributed by atoms with Gasteiger partial charge in [-0.15, -0.1) is 14.3 Å². The molecule has 2 aliphatic heterocycles. The molecule has 35 heavy (non-hydrogen) atoms. The Bertz CT molecular complexity index is 1190. The predicted octanol–water partition coefficient (Wildman–Crippen LogP) is 3.00. The van der Waals surface area contributed by atoms with Gasteiger partial charge in [0, 0.05) is 38.8 Å². The lowest BCUT2D eigenvalue weighted by atomic mass is 10.0. The summed E-state index contributed by atoms with van der Waals surface area (Å²) in [6, 6.07) is 4.28. The molecule has 2 aromatic rings. The van der Waals surface area contributed by atoms with Gasteiger partial charge >= 0.3 is 6.03 Å². The fourth-order valence-corrected chi connectivity index (χ4v) is 4.60. The zero-order chi connectivity index (χ0) is 25.1. The van der Waals surface area contributed by atoms with Crippen molar-refractivity contribution in [3.63, 3.8) is 0 Å². The lowest BCUT2D eigenvalue weighted by Gasteiger charge is -2.37. The Hall–Kier alpha value is -3.39. The van der Waals surface area contributed by atoms with E-state index < -0.39 is 0 Å². The van der Waals surface area contributed by atoms with Gasteiger partial charge in [-0.3, -0.25) is 0 Å². The number of amides is 2. The Morgan fingerprint density at radius 3 is 2.54 bits per heavy atom. The average molecular weight is 497 g/mol. The summed E-state index contributed by atoms with van der Waals surface area (Å²) >= 11 is 0. The number of nitrogens with zero attached hydrogens (tertiary/aromatic N) is 8. The summed E-state index contributed by atoms with van der Waals surface area (Å²) in [6.07, 6.45) is 6.02. The Labute approximate surface area is 206 Å². The summed E-state index contributed by atoms with van der Waals surface area (Å²) in [5, 5.41) is 10.9. The molecule has 1 saturated heterocycles. The number of aliphatic imine (C=N–C) groups is 1. The van der Waals surface area contributed by atoms with Crippen LogP contribution in [0, 0.1) is 19.7 Å². The minimum atomic E-state index is -0.326. The largest absolute Gasteiger partial charge is 0.353 e. The van der Waals surface area contributed by atoms with E-state index in [1.165, 1.54) is 17.1 Å². The number of rotatable bonds is 4. The number of aryl methyl sites for hydroxylation is 2. The number of carbonyl (C=O) groups is 1. The molecule has 1 fully saturated rings. The van der Waals surface area contributed by atoms with Gasteiger partial charge in [0.05, 0.1) is 6.04 Å².